The first-order valence-electron chi connectivity index (χ1n) is 15.7. The van der Waals surface area contributed by atoms with Crippen LogP contribution < -0.4 is 15.5 Å². The zero-order valence-electron chi connectivity index (χ0n) is 29.3. The highest BCUT2D eigenvalue weighted by Gasteiger charge is 2.24. The number of carbonyl (C=O) groups is 1. The molecule has 1 aliphatic carbocycles. The van der Waals surface area contributed by atoms with Gasteiger partial charge in [0.1, 0.15) is 0 Å². The predicted octanol–water partition coefficient (Wildman–Crippen LogP) is 3.99. The standard InChI is InChI=1S/C20H30Cl2N4O/c1-23-20(27)24-16-7-5-15(6-8-16)9-10-25-11-13-26(14-12-25)18-4-2-3-17(21)19(18)22/h2-4,15-16H,5-14H2,1H3,(H2,23,24,27)/i1D3,5D2,6D2,7D2,8D2,10D2,15D,16D. The van der Waals surface area contributed by atoms with E-state index in [1.165, 1.54) is 15.5 Å². The summed E-state index contributed by atoms with van der Waals surface area (Å²) in [4.78, 5) is 15.3. The highest BCUT2D eigenvalue weighted by Crippen LogP contribution is 2.33. The summed E-state index contributed by atoms with van der Waals surface area (Å²) in [6, 6.07) is -0.606. The summed E-state index contributed by atoms with van der Waals surface area (Å²) in [5.74, 6) is -3.50. The Labute approximate surface area is 193 Å². The van der Waals surface area contributed by atoms with Crippen LogP contribution in [0, 0.1) is 5.89 Å². The predicted molar refractivity (Wildman–Crippen MR) is 113 cm³/mol. The molecule has 1 aliphatic heterocycles. The number of piperazine rings is 1. The van der Waals surface area contributed by atoms with Crippen molar-refractivity contribution in [2.75, 3.05) is 44.6 Å². The van der Waals surface area contributed by atoms with Crippen molar-refractivity contribution in [3.05, 3.63) is 28.2 Å². The minimum absolute atomic E-state index is 0.0169. The maximum absolute atomic E-state index is 12.3. The number of rotatable bonds is 5. The Morgan fingerprint density at radius 3 is 2.74 bits per heavy atom. The van der Waals surface area contributed by atoms with Crippen LogP contribution in [0.2, 0.25) is 10.0 Å². The number of hydrogen-bond acceptors (Lipinski definition) is 3. The number of nitrogens with one attached hydrogen (secondary N) is 2. The van der Waals surface area contributed by atoms with Gasteiger partial charge in [0.2, 0.25) is 0 Å². The minimum atomic E-state index is -3.89. The lowest BCUT2D eigenvalue weighted by molar-refractivity contribution is 0.206. The lowest BCUT2D eigenvalue weighted by Crippen LogP contribution is -2.47. The molecule has 0 bridgehead atoms. The Bertz CT molecular complexity index is 1180. The van der Waals surface area contributed by atoms with Gasteiger partial charge in [-0.15, -0.1) is 0 Å². The topological polar surface area (TPSA) is 47.6 Å². The molecule has 1 saturated heterocycles. The van der Waals surface area contributed by atoms with Crippen LogP contribution in [-0.4, -0.2) is 56.6 Å². The number of carbonyl (C=O) groups excluding carboxylic acids is 1. The molecule has 27 heavy (non-hydrogen) atoms. The van der Waals surface area contributed by atoms with Gasteiger partial charge in [0, 0.05) is 58.4 Å². The van der Waals surface area contributed by atoms with Crippen molar-refractivity contribution >= 4 is 34.9 Å². The molecular formula is C20H30Cl2N4O. The first-order chi connectivity index (χ1) is 18.7. The molecule has 0 atom stereocenters. The second-order valence-electron chi connectivity index (χ2n) is 5.81. The van der Waals surface area contributed by atoms with Gasteiger partial charge in [-0.2, -0.15) is 0 Å². The number of urea groups is 1. The molecule has 2 fully saturated rings. The lowest BCUT2D eigenvalue weighted by Gasteiger charge is -2.37. The summed E-state index contributed by atoms with van der Waals surface area (Å²) >= 11 is 12.4. The van der Waals surface area contributed by atoms with Gasteiger partial charge in [-0.25, -0.2) is 4.79 Å². The highest BCUT2D eigenvalue weighted by molar-refractivity contribution is 6.43. The summed E-state index contributed by atoms with van der Waals surface area (Å²) in [5.41, 5.74) is 0.587. The summed E-state index contributed by atoms with van der Waals surface area (Å²) in [5, 5.41) is 3.41. The third-order valence-corrected chi connectivity index (χ3v) is 4.87. The van der Waals surface area contributed by atoms with Crippen LogP contribution in [0.5, 0.6) is 0 Å². The third kappa shape index (κ3) is 5.66. The Morgan fingerprint density at radius 2 is 2.04 bits per heavy atom. The van der Waals surface area contributed by atoms with Crippen molar-refractivity contribution in [3.63, 3.8) is 0 Å². The van der Waals surface area contributed by atoms with E-state index in [0.29, 0.717) is 10.7 Å². The second-order valence-corrected chi connectivity index (χ2v) is 6.60. The SMILES string of the molecule is [2H]C([2H])([2H])NC(=O)NC1([2H])C([2H])([2H])C([2H])([2H])C([2H])(CC([2H])([2H])N2CCN(c3cccc(Cl)c3Cl)CC2)C([2H])([2H])C1([2H])[2H]. The molecule has 7 heteroatoms. The van der Waals surface area contributed by atoms with Crippen molar-refractivity contribution in [1.29, 1.82) is 0 Å². The normalized spacial score (nSPS) is 46.0. The van der Waals surface area contributed by atoms with Crippen molar-refractivity contribution in [1.82, 2.24) is 15.5 Å². The monoisotopic (exact) mass is 427 g/mol. The van der Waals surface area contributed by atoms with Gasteiger partial charge in [-0.05, 0) is 56.4 Å². The van der Waals surface area contributed by atoms with Crippen LogP contribution in [0.25, 0.3) is 0 Å². The van der Waals surface area contributed by atoms with Gasteiger partial charge in [0.25, 0.3) is 0 Å². The smallest absolute Gasteiger partial charge is 0.314 e. The lowest BCUT2D eigenvalue weighted by atomic mass is 9.84. The first-order valence-corrected chi connectivity index (χ1v) is 9.00. The van der Waals surface area contributed by atoms with Crippen molar-refractivity contribution in [3.8, 4) is 0 Å². The van der Waals surface area contributed by atoms with Crippen molar-refractivity contribution in [2.24, 2.45) is 5.89 Å². The summed E-state index contributed by atoms with van der Waals surface area (Å²) < 4.78 is 124. The van der Waals surface area contributed by atoms with Gasteiger partial charge in [-0.1, -0.05) is 29.3 Å². The number of nitrogens with zero attached hydrogens (tertiary/aromatic N) is 2. The molecule has 2 amide bonds. The van der Waals surface area contributed by atoms with E-state index in [2.05, 4.69) is 0 Å². The molecule has 1 heterocycles. The summed E-state index contributed by atoms with van der Waals surface area (Å²) in [6.07, 6.45) is -16.8. The van der Waals surface area contributed by atoms with Crippen LogP contribution in [0.4, 0.5) is 10.5 Å². The number of hydrogen-bond donors (Lipinski definition) is 2. The van der Waals surface area contributed by atoms with Crippen LogP contribution in [0.1, 0.15) is 52.5 Å². The second kappa shape index (κ2) is 9.85. The van der Waals surface area contributed by atoms with Gasteiger partial charge in [-0.3, -0.25) is 4.90 Å². The van der Waals surface area contributed by atoms with E-state index in [1.54, 1.807) is 18.2 Å². The van der Waals surface area contributed by atoms with E-state index < -0.39 is 63.3 Å². The average Bonchev–Trinajstić information content (AvgIpc) is 2.83. The zero-order valence-corrected chi connectivity index (χ0v) is 15.8. The molecule has 1 aromatic rings. The van der Waals surface area contributed by atoms with E-state index in [1.807, 2.05) is 4.90 Å². The van der Waals surface area contributed by atoms with Gasteiger partial charge in [0.05, 0.1) is 17.1 Å². The largest absolute Gasteiger partial charge is 0.368 e. The average molecular weight is 428 g/mol. The van der Waals surface area contributed by atoms with Gasteiger partial charge in [0.15, 0.2) is 0 Å². The molecule has 1 saturated carbocycles. The fourth-order valence-electron chi connectivity index (χ4n) is 2.67. The van der Waals surface area contributed by atoms with Gasteiger partial charge >= 0.3 is 6.03 Å². The molecule has 5 nitrogen and oxygen atoms in total. The van der Waals surface area contributed by atoms with Crippen LogP contribution in [0.15, 0.2) is 18.2 Å². The molecule has 0 unspecified atom stereocenters. The fraction of sp³-hybridized carbons (Fsp3) is 0.650. The Morgan fingerprint density at radius 1 is 1.30 bits per heavy atom. The third-order valence-electron chi connectivity index (χ3n) is 4.06. The number of anilines is 1. The number of benzene rings is 1. The molecule has 2 aliphatic rings. The van der Waals surface area contributed by atoms with Gasteiger partial charge < -0.3 is 15.5 Å². The van der Waals surface area contributed by atoms with E-state index in [4.69, 9.17) is 43.8 Å². The van der Waals surface area contributed by atoms with Crippen molar-refractivity contribution in [2.45, 2.75) is 37.9 Å². The minimum Gasteiger partial charge on any atom is -0.368 e. The Hall–Kier alpha value is -1.17. The van der Waals surface area contributed by atoms with E-state index in [0.717, 1.165) is 0 Å². The zero-order chi connectivity index (χ0) is 32.5. The maximum Gasteiger partial charge on any atom is 0.314 e. The maximum atomic E-state index is 12.3. The molecule has 1 aromatic carbocycles. The highest BCUT2D eigenvalue weighted by atomic mass is 35.5. The van der Waals surface area contributed by atoms with Crippen LogP contribution >= 0.6 is 23.2 Å². The van der Waals surface area contributed by atoms with E-state index in [-0.39, 0.29) is 31.2 Å². The molecule has 150 valence electrons. The number of amides is 2. The van der Waals surface area contributed by atoms with E-state index >= 15 is 0 Å². The van der Waals surface area contributed by atoms with Crippen LogP contribution in [-0.2, 0) is 0 Å². The molecule has 3 rings (SSSR count). The van der Waals surface area contributed by atoms with Crippen molar-refractivity contribution < 1.29 is 25.4 Å². The van der Waals surface area contributed by atoms with E-state index in [9.17, 15) is 4.79 Å². The number of halogens is 2. The Kier molecular flexibility index (Phi) is 3.17. The quantitative estimate of drug-likeness (QED) is 0.746. The first kappa shape index (κ1) is 8.68. The Balaban J connectivity index is 1.95. The summed E-state index contributed by atoms with van der Waals surface area (Å²) in [6.45, 7) is -5.47. The molecule has 0 aromatic heterocycles. The molecular weight excluding hydrogens is 383 g/mol. The fourth-order valence-corrected chi connectivity index (χ4v) is 3.08. The summed E-state index contributed by atoms with van der Waals surface area (Å²) in [7, 11) is 0. The molecule has 0 radical (unpaired) electrons. The van der Waals surface area contributed by atoms with Crippen LogP contribution in [0.3, 0.4) is 0 Å². The molecule has 0 spiro atoms. The molecule has 2 N–H and O–H groups in total.